The molecule has 0 radical (unpaired) electrons. The van der Waals surface area contributed by atoms with E-state index in [-0.39, 0.29) is 30.6 Å². The summed E-state index contributed by atoms with van der Waals surface area (Å²) in [6, 6.07) is 15.7. The van der Waals surface area contributed by atoms with Gasteiger partial charge in [-0.3, -0.25) is 24.6 Å². The summed E-state index contributed by atoms with van der Waals surface area (Å²) in [4.78, 5) is 47.1. The molecule has 204 valence electrons. The molecule has 0 saturated carbocycles. The minimum atomic E-state index is -0.781. The zero-order valence-electron chi connectivity index (χ0n) is 21.5. The molecule has 0 spiro atoms. The van der Waals surface area contributed by atoms with Crippen LogP contribution in [0, 0.1) is 0 Å². The summed E-state index contributed by atoms with van der Waals surface area (Å²) in [5, 5.41) is 11.9. The first kappa shape index (κ1) is 26.6. The largest absolute Gasteiger partial charge is 0.508 e. The molecule has 0 aliphatic carbocycles. The van der Waals surface area contributed by atoms with Crippen LogP contribution in [0.25, 0.3) is 0 Å². The third-order valence-electron chi connectivity index (χ3n) is 7.15. The summed E-state index contributed by atoms with van der Waals surface area (Å²) in [7, 11) is 0. The molecule has 5 rings (SSSR count). The molecular formula is C29H32N4O6. The fourth-order valence-corrected chi connectivity index (χ4v) is 5.16. The number of aromatic amines is 1. The van der Waals surface area contributed by atoms with Gasteiger partial charge in [-0.25, -0.2) is 4.98 Å². The quantitative estimate of drug-likeness (QED) is 0.268. The Balaban J connectivity index is 1.14. The number of phenolic OH excluding ortho intramolecular Hbond substituents is 1. The van der Waals surface area contributed by atoms with E-state index in [0.29, 0.717) is 19.4 Å². The van der Waals surface area contributed by atoms with Crippen molar-refractivity contribution in [2.45, 2.75) is 63.5 Å². The minimum absolute atomic E-state index is 0.0796. The number of aromatic hydroxyl groups is 1. The van der Waals surface area contributed by atoms with E-state index in [2.05, 4.69) is 15.3 Å². The second-order valence-corrected chi connectivity index (χ2v) is 9.92. The molecular weight excluding hydrogens is 500 g/mol. The molecule has 3 aromatic rings. The molecule has 3 heterocycles. The first-order valence-electron chi connectivity index (χ1n) is 13.2. The van der Waals surface area contributed by atoms with Crippen LogP contribution in [0.1, 0.15) is 53.1 Å². The van der Waals surface area contributed by atoms with Crippen molar-refractivity contribution in [1.82, 2.24) is 20.2 Å². The summed E-state index contributed by atoms with van der Waals surface area (Å²) in [6.45, 7) is 0.888. The maximum Gasteiger partial charge on any atom is 0.309 e. The first-order valence-corrected chi connectivity index (χ1v) is 13.2. The van der Waals surface area contributed by atoms with Gasteiger partial charge in [0.2, 0.25) is 12.2 Å². The number of carbonyl (C=O) groups excluding carboxylic acids is 3. The molecule has 2 fully saturated rings. The van der Waals surface area contributed by atoms with Crippen LogP contribution in [-0.4, -0.2) is 62.7 Å². The van der Waals surface area contributed by atoms with Crippen LogP contribution in [0.5, 0.6) is 5.75 Å². The molecule has 2 aromatic carbocycles. The third kappa shape index (κ3) is 6.71. The summed E-state index contributed by atoms with van der Waals surface area (Å²) in [5.41, 5.74) is 2.87. The van der Waals surface area contributed by atoms with E-state index >= 15 is 0 Å². The monoisotopic (exact) mass is 532 g/mol. The number of hydrogen-bond acceptors (Lipinski definition) is 8. The Hall–Kier alpha value is -4.02. The van der Waals surface area contributed by atoms with Crippen LogP contribution in [0.3, 0.4) is 0 Å². The number of hydrogen-bond donors (Lipinski definition) is 3. The van der Waals surface area contributed by atoms with E-state index in [1.807, 2.05) is 47.4 Å². The second-order valence-electron chi connectivity index (χ2n) is 9.92. The predicted molar refractivity (Wildman–Crippen MR) is 140 cm³/mol. The zero-order chi connectivity index (χ0) is 27.2. The fraction of sp³-hybridized carbons (Fsp3) is 0.379. The van der Waals surface area contributed by atoms with Crippen molar-refractivity contribution in [2.24, 2.45) is 0 Å². The molecule has 2 aliphatic heterocycles. The van der Waals surface area contributed by atoms with E-state index in [4.69, 9.17) is 9.47 Å². The Labute approximate surface area is 226 Å². The lowest BCUT2D eigenvalue weighted by atomic mass is 10.1. The van der Waals surface area contributed by atoms with Gasteiger partial charge in [0.05, 0.1) is 25.1 Å². The summed E-state index contributed by atoms with van der Waals surface area (Å²) in [6.07, 6.45) is 4.61. The number of amides is 2. The zero-order valence-corrected chi connectivity index (χ0v) is 21.5. The molecule has 10 nitrogen and oxygen atoms in total. The van der Waals surface area contributed by atoms with E-state index in [1.165, 1.54) is 0 Å². The number of benzene rings is 2. The highest BCUT2D eigenvalue weighted by Gasteiger charge is 2.46. The number of imidazole rings is 1. The molecule has 2 aliphatic rings. The van der Waals surface area contributed by atoms with Crippen molar-refractivity contribution in [2.75, 3.05) is 6.54 Å². The van der Waals surface area contributed by atoms with Crippen LogP contribution in [0.15, 0.2) is 60.8 Å². The van der Waals surface area contributed by atoms with Crippen LogP contribution >= 0.6 is 0 Å². The Morgan fingerprint density at radius 1 is 1.10 bits per heavy atom. The Morgan fingerprint density at radius 2 is 1.90 bits per heavy atom. The van der Waals surface area contributed by atoms with E-state index in [9.17, 15) is 19.5 Å². The summed E-state index contributed by atoms with van der Waals surface area (Å²) in [5.74, 6) is -1.07. The van der Waals surface area contributed by atoms with Crippen molar-refractivity contribution in [1.29, 1.82) is 0 Å². The van der Waals surface area contributed by atoms with Gasteiger partial charge in [0.15, 0.2) is 5.82 Å². The van der Waals surface area contributed by atoms with E-state index < -0.39 is 30.2 Å². The van der Waals surface area contributed by atoms with Crippen molar-refractivity contribution in [3.8, 4) is 5.75 Å². The van der Waals surface area contributed by atoms with Gasteiger partial charge in [-0.1, -0.05) is 42.5 Å². The highest BCUT2D eigenvalue weighted by Crippen LogP contribution is 2.30. The predicted octanol–water partition coefficient (Wildman–Crippen LogP) is 2.87. The number of nitrogens with one attached hydrogen (secondary N) is 2. The first-order chi connectivity index (χ1) is 19.0. The van der Waals surface area contributed by atoms with Gasteiger partial charge in [-0.05, 0) is 61.9 Å². The number of esters is 1. The van der Waals surface area contributed by atoms with Crippen molar-refractivity contribution in [3.05, 3.63) is 83.4 Å². The van der Waals surface area contributed by atoms with Crippen LogP contribution in [0.2, 0.25) is 0 Å². The summed E-state index contributed by atoms with van der Waals surface area (Å²) >= 11 is 0. The lowest BCUT2D eigenvalue weighted by Crippen LogP contribution is -2.51. The standard InChI is InChI=1S/C29H32N4O6/c34-22-13-11-19(12-14-22)8-4-9-21-17-30-26(31-21)28(37)32-27(36)23-10-5-15-33(23)24-16-25(35)39-29(24)38-18-20-6-2-1-3-7-20/h1-3,6-7,11-14,17,23-24,29,34H,4-5,8-10,15-16,18H2,(H,30,31)(H,32,36,37)/t23-,24?,29?/m0/s1. The smallest absolute Gasteiger partial charge is 0.309 e. The number of likely N-dealkylation sites (tertiary alicyclic amines) is 1. The average Bonchev–Trinajstić information content (AvgIpc) is 3.69. The van der Waals surface area contributed by atoms with E-state index in [0.717, 1.165) is 36.1 Å². The summed E-state index contributed by atoms with van der Waals surface area (Å²) < 4.78 is 11.3. The number of nitrogens with zero attached hydrogens (tertiary/aromatic N) is 2. The fourth-order valence-electron chi connectivity index (χ4n) is 5.16. The molecule has 0 bridgehead atoms. The number of imide groups is 1. The van der Waals surface area contributed by atoms with Crippen molar-refractivity contribution in [3.63, 3.8) is 0 Å². The number of ether oxygens (including phenoxy) is 2. The Kier molecular flexibility index (Phi) is 8.33. The Bertz CT molecular complexity index is 1290. The van der Waals surface area contributed by atoms with Gasteiger partial charge >= 0.3 is 5.97 Å². The van der Waals surface area contributed by atoms with Crippen LogP contribution in [0.4, 0.5) is 0 Å². The van der Waals surface area contributed by atoms with Crippen molar-refractivity contribution < 1.29 is 29.0 Å². The second kappa shape index (κ2) is 12.2. The highest BCUT2D eigenvalue weighted by molar-refractivity contribution is 6.04. The van der Waals surface area contributed by atoms with E-state index in [1.54, 1.807) is 18.3 Å². The normalized spacial score (nSPS) is 21.1. The van der Waals surface area contributed by atoms with Gasteiger partial charge < -0.3 is 19.6 Å². The third-order valence-corrected chi connectivity index (χ3v) is 7.15. The molecule has 3 atom stereocenters. The molecule has 2 unspecified atom stereocenters. The van der Waals surface area contributed by atoms with Gasteiger partial charge in [0.25, 0.3) is 5.91 Å². The molecule has 3 N–H and O–H groups in total. The van der Waals surface area contributed by atoms with Gasteiger partial charge in [0, 0.05) is 11.9 Å². The number of aryl methyl sites for hydroxylation is 2. The van der Waals surface area contributed by atoms with Crippen LogP contribution < -0.4 is 5.32 Å². The van der Waals surface area contributed by atoms with Crippen LogP contribution in [-0.2, 0) is 38.5 Å². The number of aromatic nitrogens is 2. The highest BCUT2D eigenvalue weighted by atomic mass is 16.7. The minimum Gasteiger partial charge on any atom is -0.508 e. The molecule has 1 aromatic heterocycles. The molecule has 2 amide bonds. The topological polar surface area (TPSA) is 134 Å². The average molecular weight is 533 g/mol. The lowest BCUT2D eigenvalue weighted by Gasteiger charge is -2.31. The van der Waals surface area contributed by atoms with Gasteiger partial charge in [-0.15, -0.1) is 0 Å². The Morgan fingerprint density at radius 3 is 2.69 bits per heavy atom. The lowest BCUT2D eigenvalue weighted by molar-refractivity contribution is -0.172. The van der Waals surface area contributed by atoms with Gasteiger partial charge in [0.1, 0.15) is 5.75 Å². The number of rotatable bonds is 10. The number of cyclic esters (lactones) is 1. The number of H-pyrrole nitrogens is 1. The molecule has 10 heteroatoms. The maximum atomic E-state index is 13.1. The number of phenols is 1. The SMILES string of the molecule is O=C1CC(N2CCC[C@H]2C(=O)NC(=O)c2ncc(CCCc3ccc(O)cc3)[nH]2)C(OCc2ccccc2)O1. The molecule has 39 heavy (non-hydrogen) atoms. The molecule has 2 saturated heterocycles. The maximum absolute atomic E-state index is 13.1. The van der Waals surface area contributed by atoms with Gasteiger partial charge in [-0.2, -0.15) is 0 Å². The van der Waals surface area contributed by atoms with Crippen molar-refractivity contribution >= 4 is 17.8 Å². The number of carbonyl (C=O) groups is 3.